The number of amides is 2. The number of hydrogen-bond acceptors (Lipinski definition) is 5. The maximum Gasteiger partial charge on any atom is 0.264 e. The Balaban J connectivity index is 2.02. The lowest BCUT2D eigenvalue weighted by molar-refractivity contribution is -0.139. The number of halogens is 2. The van der Waals surface area contributed by atoms with E-state index in [-0.39, 0.29) is 17.1 Å². The van der Waals surface area contributed by atoms with Crippen LogP contribution in [0.1, 0.15) is 19.4 Å². The fourth-order valence-corrected chi connectivity index (χ4v) is 5.70. The molecule has 11 heteroatoms. The summed E-state index contributed by atoms with van der Waals surface area (Å²) < 4.78 is 34.0. The molecule has 0 saturated carbocycles. The lowest BCUT2D eigenvalue weighted by Gasteiger charge is -2.32. The molecule has 3 aromatic rings. The van der Waals surface area contributed by atoms with Gasteiger partial charge in [-0.15, -0.1) is 0 Å². The monoisotopic (exact) mass is 577 g/mol. The van der Waals surface area contributed by atoms with Crippen molar-refractivity contribution in [2.24, 2.45) is 0 Å². The van der Waals surface area contributed by atoms with E-state index in [0.717, 1.165) is 4.31 Å². The molecule has 0 fully saturated rings. The van der Waals surface area contributed by atoms with Crippen LogP contribution in [-0.2, 0) is 26.2 Å². The Morgan fingerprint density at radius 1 is 0.947 bits per heavy atom. The Morgan fingerprint density at radius 2 is 1.55 bits per heavy atom. The van der Waals surface area contributed by atoms with Crippen molar-refractivity contribution in [3.8, 4) is 5.75 Å². The number of benzene rings is 3. The molecule has 0 aliphatic carbocycles. The van der Waals surface area contributed by atoms with E-state index in [1.165, 1.54) is 24.1 Å². The highest BCUT2D eigenvalue weighted by Gasteiger charge is 2.32. The summed E-state index contributed by atoms with van der Waals surface area (Å²) in [6.45, 7) is 3.15. The van der Waals surface area contributed by atoms with Gasteiger partial charge in [0.05, 0.1) is 17.2 Å². The second kappa shape index (κ2) is 13.0. The number of sulfonamides is 1. The lowest BCUT2D eigenvalue weighted by atomic mass is 10.1. The van der Waals surface area contributed by atoms with Gasteiger partial charge in [0.2, 0.25) is 11.8 Å². The van der Waals surface area contributed by atoms with E-state index in [2.05, 4.69) is 5.32 Å². The molecule has 0 bridgehead atoms. The van der Waals surface area contributed by atoms with Crippen molar-refractivity contribution in [3.05, 3.63) is 88.4 Å². The van der Waals surface area contributed by atoms with Crippen LogP contribution in [-0.4, -0.2) is 51.4 Å². The van der Waals surface area contributed by atoms with Crippen molar-refractivity contribution in [3.63, 3.8) is 0 Å². The zero-order valence-corrected chi connectivity index (χ0v) is 23.6. The van der Waals surface area contributed by atoms with Crippen LogP contribution in [0.15, 0.2) is 77.7 Å². The first-order valence-corrected chi connectivity index (χ1v) is 14.0. The predicted molar refractivity (Wildman–Crippen MR) is 149 cm³/mol. The zero-order chi connectivity index (χ0) is 27.9. The highest BCUT2D eigenvalue weighted by atomic mass is 35.5. The summed E-state index contributed by atoms with van der Waals surface area (Å²) in [4.78, 5) is 27.6. The number of ether oxygens (including phenoxy) is 1. The van der Waals surface area contributed by atoms with Crippen molar-refractivity contribution < 1.29 is 22.7 Å². The Hall–Kier alpha value is -3.27. The minimum atomic E-state index is -4.18. The highest BCUT2D eigenvalue weighted by Crippen LogP contribution is 2.28. The zero-order valence-electron chi connectivity index (χ0n) is 21.2. The Morgan fingerprint density at radius 3 is 2.11 bits per heavy atom. The number of carbonyl (C=O) groups is 2. The van der Waals surface area contributed by atoms with Crippen LogP contribution in [0.3, 0.4) is 0 Å². The fourth-order valence-electron chi connectivity index (χ4n) is 3.77. The van der Waals surface area contributed by atoms with Gasteiger partial charge in [0.25, 0.3) is 10.0 Å². The lowest BCUT2D eigenvalue weighted by Crippen LogP contribution is -2.50. The Kier molecular flexibility index (Phi) is 10.0. The van der Waals surface area contributed by atoms with Crippen LogP contribution in [0.5, 0.6) is 5.75 Å². The Labute approximate surface area is 233 Å². The van der Waals surface area contributed by atoms with Gasteiger partial charge in [-0.3, -0.25) is 13.9 Å². The summed E-state index contributed by atoms with van der Waals surface area (Å²) in [7, 11) is -2.72. The minimum absolute atomic E-state index is 0.0161. The molecule has 3 rings (SSSR count). The fraction of sp³-hybridized carbons (Fsp3) is 0.259. The largest absolute Gasteiger partial charge is 0.494 e. The topological polar surface area (TPSA) is 96.0 Å². The number of para-hydroxylation sites is 1. The van der Waals surface area contributed by atoms with Gasteiger partial charge in [0.15, 0.2) is 0 Å². The van der Waals surface area contributed by atoms with E-state index in [1.54, 1.807) is 67.6 Å². The molecule has 0 radical (unpaired) electrons. The average molecular weight is 579 g/mol. The van der Waals surface area contributed by atoms with Crippen LogP contribution in [0.2, 0.25) is 10.0 Å². The molecule has 0 aliphatic heterocycles. The molecule has 202 valence electrons. The number of hydrogen-bond donors (Lipinski definition) is 1. The van der Waals surface area contributed by atoms with Gasteiger partial charge in [0, 0.05) is 29.2 Å². The summed E-state index contributed by atoms with van der Waals surface area (Å²) in [6.07, 6.45) is 0. The third-order valence-electron chi connectivity index (χ3n) is 5.85. The van der Waals surface area contributed by atoms with Crippen molar-refractivity contribution in [1.29, 1.82) is 0 Å². The molecule has 38 heavy (non-hydrogen) atoms. The summed E-state index contributed by atoms with van der Waals surface area (Å²) >= 11 is 12.7. The minimum Gasteiger partial charge on any atom is -0.494 e. The van der Waals surface area contributed by atoms with Crippen molar-refractivity contribution in [1.82, 2.24) is 10.2 Å². The summed E-state index contributed by atoms with van der Waals surface area (Å²) in [5, 5.41) is 3.17. The van der Waals surface area contributed by atoms with Crippen molar-refractivity contribution >= 4 is 50.7 Å². The summed E-state index contributed by atoms with van der Waals surface area (Å²) in [6, 6.07) is 18.2. The Bertz CT molecular complexity index is 1350. The van der Waals surface area contributed by atoms with Crippen molar-refractivity contribution in [2.45, 2.75) is 31.3 Å². The molecular weight excluding hydrogens is 549 g/mol. The molecular formula is C27H29Cl2N3O5S. The van der Waals surface area contributed by atoms with Gasteiger partial charge in [-0.25, -0.2) is 8.42 Å². The number of carbonyl (C=O) groups excluding carboxylic acids is 2. The smallest absolute Gasteiger partial charge is 0.264 e. The van der Waals surface area contributed by atoms with Crippen LogP contribution < -0.4 is 14.4 Å². The van der Waals surface area contributed by atoms with E-state index in [9.17, 15) is 18.0 Å². The van der Waals surface area contributed by atoms with Gasteiger partial charge in [-0.1, -0.05) is 47.5 Å². The first-order chi connectivity index (χ1) is 18.1. The standard InChI is InChI=1S/C27H29Cl2N3O5S/c1-4-37-21-13-15-22(16-14-21)38(35,36)32(20-9-6-5-7-10-20)18-26(33)31(19(2)27(34)30-3)17-23-24(28)11-8-12-25(23)29/h5-16,19H,4,17-18H2,1-3H3,(H,30,34). The number of nitrogens with one attached hydrogen (secondary N) is 1. The van der Waals surface area contributed by atoms with E-state index >= 15 is 0 Å². The molecule has 8 nitrogen and oxygen atoms in total. The van der Waals surface area contributed by atoms with E-state index in [0.29, 0.717) is 28.0 Å². The second-order valence-corrected chi connectivity index (χ2v) is 10.9. The first kappa shape index (κ1) is 29.3. The quantitative estimate of drug-likeness (QED) is 0.354. The molecule has 0 aromatic heterocycles. The molecule has 0 heterocycles. The molecule has 1 unspecified atom stereocenters. The maximum atomic E-state index is 13.8. The summed E-state index contributed by atoms with van der Waals surface area (Å²) in [5.74, 6) is -0.520. The van der Waals surface area contributed by atoms with Gasteiger partial charge in [0.1, 0.15) is 18.3 Å². The maximum absolute atomic E-state index is 13.8. The first-order valence-electron chi connectivity index (χ1n) is 11.8. The highest BCUT2D eigenvalue weighted by molar-refractivity contribution is 7.92. The third-order valence-corrected chi connectivity index (χ3v) is 8.35. The molecule has 2 amide bonds. The normalized spacial score (nSPS) is 11.9. The van der Waals surface area contributed by atoms with Gasteiger partial charge >= 0.3 is 0 Å². The second-order valence-electron chi connectivity index (χ2n) is 8.26. The van der Waals surface area contributed by atoms with Crippen LogP contribution in [0.4, 0.5) is 5.69 Å². The predicted octanol–water partition coefficient (Wildman–Crippen LogP) is 4.75. The van der Waals surface area contributed by atoms with Gasteiger partial charge in [-0.2, -0.15) is 0 Å². The van der Waals surface area contributed by atoms with Crippen LogP contribution in [0, 0.1) is 0 Å². The third kappa shape index (κ3) is 6.78. The van der Waals surface area contributed by atoms with Crippen LogP contribution >= 0.6 is 23.2 Å². The van der Waals surface area contributed by atoms with E-state index in [4.69, 9.17) is 27.9 Å². The summed E-state index contributed by atoms with van der Waals surface area (Å²) in [5.41, 5.74) is 0.735. The van der Waals surface area contributed by atoms with Crippen molar-refractivity contribution in [2.75, 3.05) is 24.5 Å². The van der Waals surface area contributed by atoms with E-state index < -0.39 is 34.4 Å². The van der Waals surface area contributed by atoms with Crippen LogP contribution in [0.25, 0.3) is 0 Å². The molecule has 1 N–H and O–H groups in total. The number of anilines is 1. The molecule has 0 spiro atoms. The number of nitrogens with zero attached hydrogens (tertiary/aromatic N) is 2. The molecule has 3 aromatic carbocycles. The van der Waals surface area contributed by atoms with E-state index in [1.807, 2.05) is 6.92 Å². The van der Waals surface area contributed by atoms with Gasteiger partial charge in [-0.05, 0) is 62.4 Å². The number of likely N-dealkylation sites (N-methyl/N-ethyl adjacent to an activating group) is 1. The molecule has 0 saturated heterocycles. The SMILES string of the molecule is CCOc1ccc(S(=O)(=O)N(CC(=O)N(Cc2c(Cl)cccc2Cl)C(C)C(=O)NC)c2ccccc2)cc1. The molecule has 0 aliphatic rings. The number of rotatable bonds is 11. The molecule has 1 atom stereocenters. The average Bonchev–Trinajstić information content (AvgIpc) is 2.91. The van der Waals surface area contributed by atoms with Gasteiger partial charge < -0.3 is 15.0 Å².